The van der Waals surface area contributed by atoms with E-state index in [0.717, 1.165) is 0 Å². The van der Waals surface area contributed by atoms with Crippen molar-refractivity contribution in [1.29, 1.82) is 0 Å². The van der Waals surface area contributed by atoms with Crippen LogP contribution in [0.1, 0.15) is 42.2 Å². The first-order valence-corrected chi connectivity index (χ1v) is 10.4. The maximum atomic E-state index is 13.1. The van der Waals surface area contributed by atoms with Crippen molar-refractivity contribution in [2.45, 2.75) is 31.6 Å². The molecule has 1 fully saturated rings. The summed E-state index contributed by atoms with van der Waals surface area (Å²) < 4.78 is 15.0. The quantitative estimate of drug-likeness (QED) is 0.483. The molecule has 9 heteroatoms. The van der Waals surface area contributed by atoms with E-state index in [0.29, 0.717) is 34.0 Å². The summed E-state index contributed by atoms with van der Waals surface area (Å²) >= 11 is 1.40. The van der Waals surface area contributed by atoms with Gasteiger partial charge < -0.3 is 14.2 Å². The lowest BCUT2D eigenvalue weighted by molar-refractivity contribution is -0.141. The summed E-state index contributed by atoms with van der Waals surface area (Å²) in [6.45, 7) is 4.03. The molecule has 1 aromatic rings. The number of amides is 1. The zero-order chi connectivity index (χ0) is 21.8. The van der Waals surface area contributed by atoms with Crippen molar-refractivity contribution in [2.75, 3.05) is 27.4 Å². The fourth-order valence-electron chi connectivity index (χ4n) is 3.38. The van der Waals surface area contributed by atoms with Crippen molar-refractivity contribution in [2.24, 2.45) is 4.99 Å². The molecule has 30 heavy (non-hydrogen) atoms. The highest BCUT2D eigenvalue weighted by atomic mass is 32.2. The number of carbonyl (C=O) groups excluding carboxylic acids is 3. The second kappa shape index (κ2) is 9.44. The number of esters is 2. The fourth-order valence-corrected chi connectivity index (χ4v) is 4.51. The molecule has 1 saturated heterocycles. The van der Waals surface area contributed by atoms with E-state index < -0.39 is 18.0 Å². The molecular weight excluding hydrogens is 408 g/mol. The molecule has 0 unspecified atom stereocenters. The second-order valence-corrected chi connectivity index (χ2v) is 7.93. The average molecular weight is 432 g/mol. The monoisotopic (exact) mass is 432 g/mol. The van der Waals surface area contributed by atoms with E-state index in [4.69, 9.17) is 14.2 Å². The van der Waals surface area contributed by atoms with Gasteiger partial charge >= 0.3 is 11.9 Å². The van der Waals surface area contributed by atoms with Gasteiger partial charge in [0.2, 0.25) is 5.91 Å². The number of thioether (sulfide) groups is 1. The molecular formula is C21H24N2O6S. The van der Waals surface area contributed by atoms with Gasteiger partial charge in [0, 0.05) is 7.11 Å². The van der Waals surface area contributed by atoms with Crippen LogP contribution in [0.2, 0.25) is 0 Å². The van der Waals surface area contributed by atoms with E-state index in [1.165, 1.54) is 26.0 Å². The van der Waals surface area contributed by atoms with E-state index in [1.807, 2.05) is 6.92 Å². The minimum atomic E-state index is -0.684. The SMILES string of the molecule is CC[C@@H]1SC2=NC(C)=C(C(=O)OCCOC)[C@H](c3ccc(C(=O)OC)cc3)N2C1=O. The standard InChI is InChI=1S/C21H24N2O6S/c1-5-15-18(24)23-17(13-6-8-14(9-7-13)19(25)28-4)16(12(2)22-21(23)30-15)20(26)29-11-10-27-3/h6-9,15,17H,5,10-11H2,1-4H3/t15-,17-/m0/s1. The van der Waals surface area contributed by atoms with Crippen molar-refractivity contribution in [3.8, 4) is 0 Å². The van der Waals surface area contributed by atoms with Crippen LogP contribution in [-0.2, 0) is 23.8 Å². The summed E-state index contributed by atoms with van der Waals surface area (Å²) in [7, 11) is 2.83. The van der Waals surface area contributed by atoms with Gasteiger partial charge in [-0.1, -0.05) is 30.8 Å². The summed E-state index contributed by atoms with van der Waals surface area (Å²) in [5.41, 5.74) is 1.86. The lowest BCUT2D eigenvalue weighted by atomic mass is 9.93. The Morgan fingerprint density at radius 3 is 2.43 bits per heavy atom. The fraction of sp³-hybridized carbons (Fsp3) is 0.429. The molecule has 0 aliphatic carbocycles. The number of aliphatic imine (C=N–C) groups is 1. The molecule has 2 heterocycles. The second-order valence-electron chi connectivity index (χ2n) is 6.76. The molecule has 0 radical (unpaired) electrons. The number of rotatable bonds is 7. The Kier molecular flexibility index (Phi) is 6.94. The number of nitrogens with zero attached hydrogens (tertiary/aromatic N) is 2. The number of allylic oxidation sites excluding steroid dienone is 1. The topological polar surface area (TPSA) is 94.5 Å². The Balaban J connectivity index is 2.03. The molecule has 1 aromatic carbocycles. The highest BCUT2D eigenvalue weighted by molar-refractivity contribution is 8.15. The Labute approximate surface area is 179 Å². The van der Waals surface area contributed by atoms with E-state index in [1.54, 1.807) is 36.1 Å². The van der Waals surface area contributed by atoms with Gasteiger partial charge in [0.1, 0.15) is 6.61 Å². The molecule has 0 spiro atoms. The van der Waals surface area contributed by atoms with Gasteiger partial charge in [0.15, 0.2) is 5.17 Å². The Bertz CT molecular complexity index is 909. The molecule has 0 aromatic heterocycles. The third kappa shape index (κ3) is 4.13. The van der Waals surface area contributed by atoms with Crippen molar-refractivity contribution in [3.05, 3.63) is 46.7 Å². The van der Waals surface area contributed by atoms with Gasteiger partial charge in [0.05, 0.1) is 41.8 Å². The van der Waals surface area contributed by atoms with Crippen LogP contribution in [0.25, 0.3) is 0 Å². The summed E-state index contributed by atoms with van der Waals surface area (Å²) in [6.07, 6.45) is 0.652. The van der Waals surface area contributed by atoms with Crippen LogP contribution in [0.4, 0.5) is 0 Å². The maximum absolute atomic E-state index is 13.1. The number of methoxy groups -OCH3 is 2. The van der Waals surface area contributed by atoms with Crippen LogP contribution < -0.4 is 0 Å². The molecule has 0 bridgehead atoms. The van der Waals surface area contributed by atoms with Gasteiger partial charge in [-0.2, -0.15) is 0 Å². The van der Waals surface area contributed by atoms with Crippen LogP contribution in [0.5, 0.6) is 0 Å². The van der Waals surface area contributed by atoms with Crippen molar-refractivity contribution < 1.29 is 28.6 Å². The van der Waals surface area contributed by atoms with E-state index in [2.05, 4.69) is 4.99 Å². The lowest BCUT2D eigenvalue weighted by Gasteiger charge is -2.33. The number of amidine groups is 1. The Hall–Kier alpha value is -2.65. The minimum absolute atomic E-state index is 0.0942. The van der Waals surface area contributed by atoms with Crippen LogP contribution in [0.3, 0.4) is 0 Å². The normalized spacial score (nSPS) is 20.7. The number of ether oxygens (including phenoxy) is 3. The van der Waals surface area contributed by atoms with Crippen molar-refractivity contribution in [1.82, 2.24) is 4.90 Å². The zero-order valence-corrected chi connectivity index (χ0v) is 18.2. The van der Waals surface area contributed by atoms with Crippen LogP contribution >= 0.6 is 11.8 Å². The highest BCUT2D eigenvalue weighted by Crippen LogP contribution is 2.44. The predicted molar refractivity (Wildman–Crippen MR) is 112 cm³/mol. The Morgan fingerprint density at radius 2 is 1.83 bits per heavy atom. The molecule has 2 aliphatic heterocycles. The van der Waals surface area contributed by atoms with E-state index in [9.17, 15) is 14.4 Å². The molecule has 0 saturated carbocycles. The van der Waals surface area contributed by atoms with Gasteiger partial charge in [-0.25, -0.2) is 14.6 Å². The molecule has 8 nitrogen and oxygen atoms in total. The number of carbonyl (C=O) groups is 3. The van der Waals surface area contributed by atoms with E-state index >= 15 is 0 Å². The third-order valence-corrected chi connectivity index (χ3v) is 6.23. The first-order valence-electron chi connectivity index (χ1n) is 9.56. The number of hydrogen-bond donors (Lipinski definition) is 0. The minimum Gasteiger partial charge on any atom is -0.465 e. The molecule has 2 aliphatic rings. The highest BCUT2D eigenvalue weighted by Gasteiger charge is 2.47. The van der Waals surface area contributed by atoms with E-state index in [-0.39, 0.29) is 24.4 Å². The lowest BCUT2D eigenvalue weighted by Crippen LogP contribution is -2.41. The molecule has 2 atom stereocenters. The number of hydrogen-bond acceptors (Lipinski definition) is 8. The largest absolute Gasteiger partial charge is 0.465 e. The van der Waals surface area contributed by atoms with Gasteiger partial charge in [-0.3, -0.25) is 9.69 Å². The summed E-state index contributed by atoms with van der Waals surface area (Å²) in [6, 6.07) is 5.97. The van der Waals surface area contributed by atoms with Crippen LogP contribution in [-0.4, -0.2) is 60.6 Å². The summed E-state index contributed by atoms with van der Waals surface area (Å²) in [5, 5.41) is 0.317. The van der Waals surface area contributed by atoms with Crippen molar-refractivity contribution in [3.63, 3.8) is 0 Å². The maximum Gasteiger partial charge on any atom is 0.338 e. The smallest absolute Gasteiger partial charge is 0.338 e. The average Bonchev–Trinajstić information content (AvgIpc) is 3.07. The first kappa shape index (κ1) is 22.0. The summed E-state index contributed by atoms with van der Waals surface area (Å²) in [4.78, 5) is 43.8. The van der Waals surface area contributed by atoms with Crippen molar-refractivity contribution >= 4 is 34.8 Å². The molecule has 3 rings (SSSR count). The predicted octanol–water partition coefficient (Wildman–Crippen LogP) is 2.70. The zero-order valence-electron chi connectivity index (χ0n) is 17.3. The molecule has 0 N–H and O–H groups in total. The van der Waals surface area contributed by atoms with Crippen LogP contribution in [0.15, 0.2) is 40.5 Å². The first-order chi connectivity index (χ1) is 14.4. The number of fused-ring (bicyclic) bond motifs is 1. The van der Waals surface area contributed by atoms with Crippen LogP contribution in [0, 0.1) is 0 Å². The molecule has 1 amide bonds. The summed E-state index contributed by atoms with van der Waals surface area (Å²) in [5.74, 6) is -1.11. The third-order valence-electron chi connectivity index (χ3n) is 4.91. The van der Waals surface area contributed by atoms with Gasteiger partial charge in [-0.15, -0.1) is 0 Å². The van der Waals surface area contributed by atoms with Gasteiger partial charge in [-0.05, 0) is 31.0 Å². The number of benzene rings is 1. The Morgan fingerprint density at radius 1 is 1.13 bits per heavy atom. The molecule has 160 valence electrons. The van der Waals surface area contributed by atoms with Gasteiger partial charge in [0.25, 0.3) is 0 Å².